The monoisotopic (exact) mass is 263 g/mol. The summed E-state index contributed by atoms with van der Waals surface area (Å²) >= 11 is 0. The molecule has 3 N–H and O–H groups in total. The molecule has 1 aromatic carbocycles. The lowest BCUT2D eigenvalue weighted by atomic mass is 10.2. The Bertz CT molecular complexity index is 510. The van der Waals surface area contributed by atoms with E-state index in [0.29, 0.717) is 30.2 Å². The summed E-state index contributed by atoms with van der Waals surface area (Å²) in [4.78, 5) is 0. The van der Waals surface area contributed by atoms with Crippen LogP contribution in [0.5, 0.6) is 11.5 Å². The van der Waals surface area contributed by atoms with Crippen molar-refractivity contribution in [1.82, 2.24) is 5.32 Å². The molecule has 0 fully saturated rings. The van der Waals surface area contributed by atoms with Crippen molar-refractivity contribution in [1.29, 1.82) is 0 Å². The maximum atomic E-state index is 9.81. The molecule has 0 aliphatic carbocycles. The third-order valence-corrected chi connectivity index (χ3v) is 2.81. The average Bonchev–Trinajstić information content (AvgIpc) is 2.95. The largest absolute Gasteiger partial charge is 0.508 e. The van der Waals surface area contributed by atoms with E-state index in [9.17, 15) is 10.2 Å². The summed E-state index contributed by atoms with van der Waals surface area (Å²) in [5.74, 6) is 1.39. The van der Waals surface area contributed by atoms with Crippen molar-refractivity contribution in [3.05, 3.63) is 47.9 Å². The molecule has 102 valence electrons. The predicted octanol–water partition coefficient (Wildman–Crippen LogP) is 1.82. The average molecular weight is 263 g/mol. The molecule has 2 rings (SSSR count). The van der Waals surface area contributed by atoms with E-state index in [4.69, 9.17) is 9.15 Å². The van der Waals surface area contributed by atoms with E-state index in [-0.39, 0.29) is 5.75 Å². The minimum Gasteiger partial charge on any atom is -0.508 e. The van der Waals surface area contributed by atoms with Crippen molar-refractivity contribution >= 4 is 0 Å². The fourth-order valence-corrected chi connectivity index (χ4v) is 1.76. The van der Waals surface area contributed by atoms with Crippen LogP contribution in [0.25, 0.3) is 0 Å². The van der Waals surface area contributed by atoms with Crippen LogP contribution in [-0.4, -0.2) is 23.9 Å². The fourth-order valence-electron chi connectivity index (χ4n) is 1.76. The number of rotatable bonds is 6. The van der Waals surface area contributed by atoms with Gasteiger partial charge < -0.3 is 24.7 Å². The van der Waals surface area contributed by atoms with Crippen molar-refractivity contribution in [3.8, 4) is 11.5 Å². The molecule has 19 heavy (non-hydrogen) atoms. The van der Waals surface area contributed by atoms with E-state index in [1.165, 1.54) is 6.26 Å². The summed E-state index contributed by atoms with van der Waals surface area (Å²) in [6.45, 7) is 0.769. The van der Waals surface area contributed by atoms with Gasteiger partial charge in [-0.3, -0.25) is 0 Å². The summed E-state index contributed by atoms with van der Waals surface area (Å²) < 4.78 is 10.2. The van der Waals surface area contributed by atoms with Gasteiger partial charge in [0.05, 0.1) is 13.4 Å². The number of phenolic OH excluding ortho intramolecular Hbond substituents is 1. The van der Waals surface area contributed by atoms with Crippen LogP contribution in [0.15, 0.2) is 41.0 Å². The van der Waals surface area contributed by atoms with Crippen molar-refractivity contribution in [3.63, 3.8) is 0 Å². The summed E-state index contributed by atoms with van der Waals surface area (Å²) in [5.41, 5.74) is 0.714. The number of hydrogen-bond donors (Lipinski definition) is 3. The number of aliphatic hydroxyl groups is 1. The molecular weight excluding hydrogens is 246 g/mol. The van der Waals surface area contributed by atoms with E-state index < -0.39 is 6.10 Å². The van der Waals surface area contributed by atoms with Gasteiger partial charge in [-0.1, -0.05) is 0 Å². The Labute approximate surface area is 111 Å². The van der Waals surface area contributed by atoms with Crippen LogP contribution in [0.4, 0.5) is 0 Å². The second-order valence-corrected chi connectivity index (χ2v) is 4.16. The van der Waals surface area contributed by atoms with Gasteiger partial charge in [-0.05, 0) is 30.3 Å². The Balaban J connectivity index is 1.89. The minimum atomic E-state index is -0.706. The molecule has 0 bridgehead atoms. The molecule has 2 aromatic rings. The highest BCUT2D eigenvalue weighted by molar-refractivity contribution is 5.39. The zero-order valence-electron chi connectivity index (χ0n) is 10.7. The van der Waals surface area contributed by atoms with Gasteiger partial charge in [0.2, 0.25) is 0 Å². The first-order valence-corrected chi connectivity index (χ1v) is 5.98. The molecular formula is C14H17NO4. The Hall–Kier alpha value is -1.98. The maximum absolute atomic E-state index is 9.81. The second-order valence-electron chi connectivity index (χ2n) is 4.16. The second kappa shape index (κ2) is 6.26. The third kappa shape index (κ3) is 3.49. The topological polar surface area (TPSA) is 74.9 Å². The minimum absolute atomic E-state index is 0.195. The van der Waals surface area contributed by atoms with Crippen LogP contribution >= 0.6 is 0 Å². The Kier molecular flexibility index (Phi) is 4.43. The first kappa shape index (κ1) is 13.5. The number of aliphatic hydroxyl groups excluding tert-OH is 1. The molecule has 0 amide bonds. The van der Waals surface area contributed by atoms with Crippen molar-refractivity contribution in [2.75, 3.05) is 13.7 Å². The highest BCUT2D eigenvalue weighted by Crippen LogP contribution is 2.22. The molecule has 1 atom stereocenters. The molecule has 0 aliphatic rings. The summed E-state index contributed by atoms with van der Waals surface area (Å²) in [6.07, 6.45) is 0.814. The highest BCUT2D eigenvalue weighted by Gasteiger charge is 2.10. The number of furan rings is 1. The van der Waals surface area contributed by atoms with Crippen LogP contribution in [0.3, 0.4) is 0 Å². The molecule has 5 nitrogen and oxygen atoms in total. The third-order valence-electron chi connectivity index (χ3n) is 2.81. The number of methoxy groups -OCH3 is 1. The van der Waals surface area contributed by atoms with Crippen LogP contribution in [0.2, 0.25) is 0 Å². The van der Waals surface area contributed by atoms with E-state index in [1.807, 2.05) is 0 Å². The Morgan fingerprint density at radius 3 is 2.89 bits per heavy atom. The van der Waals surface area contributed by atoms with Gasteiger partial charge in [-0.2, -0.15) is 0 Å². The lowest BCUT2D eigenvalue weighted by Gasteiger charge is -2.11. The first-order valence-electron chi connectivity index (χ1n) is 5.98. The van der Waals surface area contributed by atoms with Gasteiger partial charge >= 0.3 is 0 Å². The quantitative estimate of drug-likeness (QED) is 0.741. The molecule has 0 saturated carbocycles. The molecule has 0 radical (unpaired) electrons. The number of phenols is 1. The molecule has 0 spiro atoms. The normalized spacial score (nSPS) is 12.3. The SMILES string of the molecule is COc1ccc(O)c(CNCC(O)c2ccco2)c1. The van der Waals surface area contributed by atoms with Gasteiger partial charge in [0.25, 0.3) is 0 Å². The summed E-state index contributed by atoms with van der Waals surface area (Å²) in [7, 11) is 1.57. The van der Waals surface area contributed by atoms with E-state index >= 15 is 0 Å². The van der Waals surface area contributed by atoms with Gasteiger partial charge in [-0.15, -0.1) is 0 Å². The van der Waals surface area contributed by atoms with E-state index in [0.717, 1.165) is 0 Å². The molecule has 5 heteroatoms. The van der Waals surface area contributed by atoms with Gasteiger partial charge in [0.15, 0.2) is 0 Å². The lowest BCUT2D eigenvalue weighted by Crippen LogP contribution is -2.20. The summed E-state index contributed by atoms with van der Waals surface area (Å²) in [5, 5.41) is 22.6. The van der Waals surface area contributed by atoms with Gasteiger partial charge in [0, 0.05) is 18.7 Å². The number of ether oxygens (including phenoxy) is 1. The van der Waals surface area contributed by atoms with Crippen molar-refractivity contribution in [2.45, 2.75) is 12.6 Å². The van der Waals surface area contributed by atoms with Crippen molar-refractivity contribution in [2.24, 2.45) is 0 Å². The van der Waals surface area contributed by atoms with Gasteiger partial charge in [0.1, 0.15) is 23.4 Å². The molecule has 0 saturated heterocycles. The van der Waals surface area contributed by atoms with E-state index in [2.05, 4.69) is 5.32 Å². The predicted molar refractivity (Wildman–Crippen MR) is 70.0 cm³/mol. The van der Waals surface area contributed by atoms with Crippen LogP contribution < -0.4 is 10.1 Å². The van der Waals surface area contributed by atoms with Crippen LogP contribution in [0.1, 0.15) is 17.4 Å². The standard InChI is InChI=1S/C14H17NO4/c1-18-11-4-5-12(16)10(7-11)8-15-9-13(17)14-3-2-6-19-14/h2-7,13,15-17H,8-9H2,1H3. The molecule has 0 aliphatic heterocycles. The molecule has 1 unspecified atom stereocenters. The first-order chi connectivity index (χ1) is 9.20. The Morgan fingerprint density at radius 2 is 2.21 bits per heavy atom. The smallest absolute Gasteiger partial charge is 0.133 e. The van der Waals surface area contributed by atoms with Crippen molar-refractivity contribution < 1.29 is 19.4 Å². The fraction of sp³-hybridized carbons (Fsp3) is 0.286. The zero-order chi connectivity index (χ0) is 13.7. The Morgan fingerprint density at radius 1 is 1.37 bits per heavy atom. The number of nitrogens with one attached hydrogen (secondary N) is 1. The lowest BCUT2D eigenvalue weighted by molar-refractivity contribution is 0.147. The van der Waals surface area contributed by atoms with E-state index in [1.54, 1.807) is 37.4 Å². The number of hydrogen-bond acceptors (Lipinski definition) is 5. The number of benzene rings is 1. The van der Waals surface area contributed by atoms with Crippen LogP contribution in [-0.2, 0) is 6.54 Å². The maximum Gasteiger partial charge on any atom is 0.133 e. The highest BCUT2D eigenvalue weighted by atomic mass is 16.5. The van der Waals surface area contributed by atoms with Gasteiger partial charge in [-0.25, -0.2) is 0 Å². The molecule has 1 aromatic heterocycles. The zero-order valence-corrected chi connectivity index (χ0v) is 10.7. The molecule has 1 heterocycles. The number of aromatic hydroxyl groups is 1. The van der Waals surface area contributed by atoms with Crippen LogP contribution in [0, 0.1) is 0 Å². The summed E-state index contributed by atoms with van der Waals surface area (Å²) in [6, 6.07) is 8.47.